The van der Waals surface area contributed by atoms with Crippen LogP contribution in [0.4, 0.5) is 4.79 Å². The van der Waals surface area contributed by atoms with Crippen molar-refractivity contribution in [2.45, 2.75) is 13.3 Å². The van der Waals surface area contributed by atoms with E-state index in [1.807, 2.05) is 38.4 Å². The third-order valence-corrected chi connectivity index (χ3v) is 6.76. The molecule has 2 aromatic heterocycles. The van der Waals surface area contributed by atoms with Gasteiger partial charge in [0.25, 0.3) is 5.91 Å². The number of ether oxygens (including phenoxy) is 1. The summed E-state index contributed by atoms with van der Waals surface area (Å²) in [5, 5.41) is 2.56. The summed E-state index contributed by atoms with van der Waals surface area (Å²) >= 11 is 6.61. The second-order valence-corrected chi connectivity index (χ2v) is 9.22. The van der Waals surface area contributed by atoms with Gasteiger partial charge in [0.15, 0.2) is 0 Å². The fourth-order valence-electron chi connectivity index (χ4n) is 4.44. The van der Waals surface area contributed by atoms with Crippen LogP contribution in [-0.2, 0) is 11.8 Å². The Balaban J connectivity index is 1.38. The molecule has 7 nitrogen and oxygen atoms in total. The standard InChI is InChI=1S/C27H27ClN4O3/c1-3-14-35-27(34)32-12-10-31(11-13-32)26(33)20-6-7-21-22(28)17-23(29-24(21)15-20)19-5-4-18-8-9-30(2)25(18)16-19/h4-9,15-17H,3,10-14H2,1-2H3. The van der Waals surface area contributed by atoms with Crippen LogP contribution in [0.5, 0.6) is 0 Å². The zero-order chi connectivity index (χ0) is 24.5. The minimum atomic E-state index is -0.315. The Hall–Kier alpha value is -3.58. The van der Waals surface area contributed by atoms with Crippen molar-refractivity contribution < 1.29 is 14.3 Å². The number of hydrogen-bond acceptors (Lipinski definition) is 4. The van der Waals surface area contributed by atoms with E-state index >= 15 is 0 Å². The van der Waals surface area contributed by atoms with Gasteiger partial charge in [-0.25, -0.2) is 9.78 Å². The second kappa shape index (κ2) is 9.58. The van der Waals surface area contributed by atoms with Gasteiger partial charge in [-0.15, -0.1) is 0 Å². The summed E-state index contributed by atoms with van der Waals surface area (Å²) in [6, 6.07) is 15.6. The highest BCUT2D eigenvalue weighted by molar-refractivity contribution is 6.35. The smallest absolute Gasteiger partial charge is 0.409 e. The number of benzene rings is 2. The molecule has 0 bridgehead atoms. The van der Waals surface area contributed by atoms with Gasteiger partial charge in [0.05, 0.1) is 22.8 Å². The van der Waals surface area contributed by atoms with E-state index in [4.69, 9.17) is 21.3 Å². The molecule has 2 amide bonds. The van der Waals surface area contributed by atoms with E-state index in [2.05, 4.69) is 22.8 Å². The molecule has 0 N–H and O–H groups in total. The molecular formula is C27H27ClN4O3. The first-order chi connectivity index (χ1) is 16.9. The molecule has 2 aromatic carbocycles. The zero-order valence-corrected chi connectivity index (χ0v) is 20.6. The van der Waals surface area contributed by atoms with E-state index in [0.717, 1.165) is 34.0 Å². The number of aryl methyl sites for hydroxylation is 1. The molecule has 0 aliphatic carbocycles. The van der Waals surface area contributed by atoms with E-state index in [1.54, 1.807) is 21.9 Å². The van der Waals surface area contributed by atoms with Crippen molar-refractivity contribution in [3.8, 4) is 11.3 Å². The Morgan fingerprint density at radius 3 is 2.54 bits per heavy atom. The van der Waals surface area contributed by atoms with Crippen LogP contribution >= 0.6 is 11.6 Å². The third kappa shape index (κ3) is 4.56. The fraction of sp³-hybridized carbons (Fsp3) is 0.296. The zero-order valence-electron chi connectivity index (χ0n) is 19.8. The Morgan fingerprint density at radius 1 is 1.00 bits per heavy atom. The highest BCUT2D eigenvalue weighted by atomic mass is 35.5. The van der Waals surface area contributed by atoms with Crippen molar-refractivity contribution in [3.63, 3.8) is 0 Å². The van der Waals surface area contributed by atoms with Gasteiger partial charge in [-0.1, -0.05) is 36.7 Å². The van der Waals surface area contributed by atoms with Crippen LogP contribution in [0.25, 0.3) is 33.1 Å². The number of aromatic nitrogens is 2. The number of carbonyl (C=O) groups is 2. The molecule has 35 heavy (non-hydrogen) atoms. The van der Waals surface area contributed by atoms with Crippen molar-refractivity contribution in [1.82, 2.24) is 19.4 Å². The lowest BCUT2D eigenvalue weighted by atomic mass is 10.1. The number of pyridine rings is 1. The molecule has 0 radical (unpaired) electrons. The molecule has 0 spiro atoms. The van der Waals surface area contributed by atoms with Crippen molar-refractivity contribution in [3.05, 3.63) is 65.3 Å². The van der Waals surface area contributed by atoms with E-state index < -0.39 is 0 Å². The lowest BCUT2D eigenvalue weighted by Crippen LogP contribution is -2.50. The Bertz CT molecular complexity index is 1420. The molecule has 4 aromatic rings. The molecule has 1 fully saturated rings. The normalized spacial score (nSPS) is 14.0. The van der Waals surface area contributed by atoms with Gasteiger partial charge >= 0.3 is 6.09 Å². The van der Waals surface area contributed by atoms with Crippen molar-refractivity contribution >= 4 is 45.4 Å². The lowest BCUT2D eigenvalue weighted by molar-refractivity contribution is 0.0560. The van der Waals surface area contributed by atoms with E-state index in [-0.39, 0.29) is 12.0 Å². The maximum absolute atomic E-state index is 13.2. The van der Waals surface area contributed by atoms with Crippen LogP contribution < -0.4 is 0 Å². The molecule has 0 atom stereocenters. The van der Waals surface area contributed by atoms with Crippen LogP contribution in [0.1, 0.15) is 23.7 Å². The van der Waals surface area contributed by atoms with Gasteiger partial charge in [0.2, 0.25) is 0 Å². The number of fused-ring (bicyclic) bond motifs is 2. The van der Waals surface area contributed by atoms with Crippen LogP contribution in [0.2, 0.25) is 5.02 Å². The average molecular weight is 491 g/mol. The van der Waals surface area contributed by atoms with Gasteiger partial charge in [-0.05, 0) is 42.1 Å². The number of rotatable bonds is 4. The molecule has 1 aliphatic heterocycles. The number of amides is 2. The molecule has 8 heteroatoms. The monoisotopic (exact) mass is 490 g/mol. The largest absolute Gasteiger partial charge is 0.449 e. The molecule has 1 saturated heterocycles. The van der Waals surface area contributed by atoms with Gasteiger partial charge < -0.3 is 19.1 Å². The molecular weight excluding hydrogens is 464 g/mol. The van der Waals surface area contributed by atoms with E-state index in [0.29, 0.717) is 48.9 Å². The first-order valence-electron chi connectivity index (χ1n) is 11.8. The molecule has 5 rings (SSSR count). The molecule has 0 unspecified atom stereocenters. The second-order valence-electron chi connectivity index (χ2n) is 8.82. The molecule has 0 saturated carbocycles. The van der Waals surface area contributed by atoms with Gasteiger partial charge in [0.1, 0.15) is 0 Å². The summed E-state index contributed by atoms with van der Waals surface area (Å²) in [6.45, 7) is 4.20. The summed E-state index contributed by atoms with van der Waals surface area (Å²) in [4.78, 5) is 33.6. The number of halogens is 1. The number of piperazine rings is 1. The lowest BCUT2D eigenvalue weighted by Gasteiger charge is -2.34. The Morgan fingerprint density at radius 2 is 1.77 bits per heavy atom. The highest BCUT2D eigenvalue weighted by Gasteiger charge is 2.26. The SMILES string of the molecule is CCCOC(=O)N1CCN(C(=O)c2ccc3c(Cl)cc(-c4ccc5ccn(C)c5c4)nc3c2)CC1. The van der Waals surface area contributed by atoms with E-state index in [1.165, 1.54) is 0 Å². The summed E-state index contributed by atoms with van der Waals surface area (Å²) in [5.74, 6) is -0.0815. The molecule has 180 valence electrons. The minimum Gasteiger partial charge on any atom is -0.449 e. The minimum absolute atomic E-state index is 0.0815. The van der Waals surface area contributed by atoms with Crippen molar-refractivity contribution in [2.24, 2.45) is 7.05 Å². The summed E-state index contributed by atoms with van der Waals surface area (Å²) in [6.07, 6.45) is 2.50. The maximum Gasteiger partial charge on any atom is 0.409 e. The summed E-state index contributed by atoms with van der Waals surface area (Å²) in [7, 11) is 2.01. The Labute approximate surface area is 208 Å². The Kier molecular flexibility index (Phi) is 6.34. The first-order valence-corrected chi connectivity index (χ1v) is 12.2. The topological polar surface area (TPSA) is 67.7 Å². The van der Waals surface area contributed by atoms with Crippen LogP contribution in [-0.4, -0.2) is 64.1 Å². The van der Waals surface area contributed by atoms with Crippen LogP contribution in [0.15, 0.2) is 54.7 Å². The predicted octanol–water partition coefficient (Wildman–Crippen LogP) is 5.35. The van der Waals surface area contributed by atoms with Crippen molar-refractivity contribution in [2.75, 3.05) is 32.8 Å². The van der Waals surface area contributed by atoms with Gasteiger partial charge in [0, 0.05) is 61.5 Å². The fourth-order valence-corrected chi connectivity index (χ4v) is 4.71. The van der Waals surface area contributed by atoms with Crippen molar-refractivity contribution in [1.29, 1.82) is 0 Å². The third-order valence-electron chi connectivity index (χ3n) is 6.44. The van der Waals surface area contributed by atoms with E-state index in [9.17, 15) is 9.59 Å². The summed E-state index contributed by atoms with van der Waals surface area (Å²) in [5.41, 5.74) is 4.06. The predicted molar refractivity (Wildman–Crippen MR) is 138 cm³/mol. The van der Waals surface area contributed by atoms with Gasteiger partial charge in [-0.2, -0.15) is 0 Å². The summed E-state index contributed by atoms with van der Waals surface area (Å²) < 4.78 is 7.28. The maximum atomic E-state index is 13.2. The quantitative estimate of drug-likeness (QED) is 0.386. The van der Waals surface area contributed by atoms with Crippen LogP contribution in [0, 0.1) is 0 Å². The average Bonchev–Trinajstić information content (AvgIpc) is 3.26. The first kappa shape index (κ1) is 23.2. The number of nitrogens with zero attached hydrogens (tertiary/aromatic N) is 4. The highest BCUT2D eigenvalue weighted by Crippen LogP contribution is 2.30. The van der Waals surface area contributed by atoms with Gasteiger partial charge in [-0.3, -0.25) is 4.79 Å². The molecule has 3 heterocycles. The number of hydrogen-bond donors (Lipinski definition) is 0. The molecule has 1 aliphatic rings. The van der Waals surface area contributed by atoms with Crippen LogP contribution in [0.3, 0.4) is 0 Å². The number of carbonyl (C=O) groups excluding carboxylic acids is 2.